The minimum absolute atomic E-state index is 0.484. The molecule has 1 aromatic carbocycles. The summed E-state index contributed by atoms with van der Waals surface area (Å²) in [5.74, 6) is 0.598. The average molecular weight is 295 g/mol. The van der Waals surface area contributed by atoms with Crippen LogP contribution in [0.2, 0.25) is 5.02 Å². The van der Waals surface area contributed by atoms with Gasteiger partial charge in [-0.3, -0.25) is 0 Å². The molecule has 2 heterocycles. The summed E-state index contributed by atoms with van der Waals surface area (Å²) in [5, 5.41) is 10.1. The van der Waals surface area contributed by atoms with Gasteiger partial charge in [0.25, 0.3) is 0 Å². The summed E-state index contributed by atoms with van der Waals surface area (Å²) >= 11 is 5.87. The van der Waals surface area contributed by atoms with Gasteiger partial charge in [0, 0.05) is 18.3 Å². The van der Waals surface area contributed by atoms with E-state index in [1.165, 1.54) is 0 Å². The fourth-order valence-electron chi connectivity index (χ4n) is 2.14. The Kier molecular flexibility index (Phi) is 3.43. The number of halogens is 1. The van der Waals surface area contributed by atoms with E-state index in [0.29, 0.717) is 22.1 Å². The molecule has 0 radical (unpaired) electrons. The minimum Gasteiger partial charge on any atom is -0.325 e. The molecule has 0 unspecified atom stereocenters. The molecule has 0 bridgehead atoms. The molecule has 0 aliphatic heterocycles. The van der Waals surface area contributed by atoms with Crippen LogP contribution in [0.5, 0.6) is 0 Å². The molecule has 4 nitrogen and oxygen atoms in total. The third kappa shape index (κ3) is 2.51. The van der Waals surface area contributed by atoms with Crippen LogP contribution in [0.15, 0.2) is 42.6 Å². The number of pyridine rings is 1. The minimum atomic E-state index is 0.484. The molecule has 0 saturated carbocycles. The quantitative estimate of drug-likeness (QED) is 0.677. The number of nitrogens with zero attached hydrogens (tertiary/aromatic N) is 4. The zero-order valence-corrected chi connectivity index (χ0v) is 12.0. The Morgan fingerprint density at radius 3 is 2.71 bits per heavy atom. The topological polar surface area (TPSA) is 54.5 Å². The zero-order chi connectivity index (χ0) is 14.8. The number of aromatic nitrogens is 3. The van der Waals surface area contributed by atoms with E-state index in [9.17, 15) is 5.26 Å². The van der Waals surface area contributed by atoms with Gasteiger partial charge in [-0.05, 0) is 35.9 Å². The molecular formula is C16H11ClN4. The smallest absolute Gasteiger partial charge is 0.178 e. The van der Waals surface area contributed by atoms with E-state index in [4.69, 9.17) is 11.6 Å². The zero-order valence-electron chi connectivity index (χ0n) is 11.3. The lowest BCUT2D eigenvalue weighted by molar-refractivity contribution is 0.925. The number of hydrogen-bond acceptors (Lipinski definition) is 3. The predicted molar refractivity (Wildman–Crippen MR) is 83.4 cm³/mol. The van der Waals surface area contributed by atoms with Crippen molar-refractivity contribution >= 4 is 34.4 Å². The van der Waals surface area contributed by atoms with Crippen LogP contribution in [0.1, 0.15) is 11.4 Å². The molecule has 0 saturated heterocycles. The summed E-state index contributed by atoms with van der Waals surface area (Å²) in [4.78, 5) is 8.64. The first-order valence-corrected chi connectivity index (χ1v) is 6.72. The van der Waals surface area contributed by atoms with Crippen LogP contribution in [0.25, 0.3) is 22.8 Å². The number of nitriles is 1. The van der Waals surface area contributed by atoms with Gasteiger partial charge in [-0.25, -0.2) is 9.97 Å². The summed E-state index contributed by atoms with van der Waals surface area (Å²) in [7, 11) is 1.87. The molecule has 21 heavy (non-hydrogen) atoms. The van der Waals surface area contributed by atoms with Crippen LogP contribution < -0.4 is 0 Å². The number of aryl methyl sites for hydroxylation is 1. The number of hydrogen-bond donors (Lipinski definition) is 0. The largest absolute Gasteiger partial charge is 0.325 e. The van der Waals surface area contributed by atoms with Gasteiger partial charge >= 0.3 is 0 Å². The first-order chi connectivity index (χ1) is 10.2. The average Bonchev–Trinajstić information content (AvgIpc) is 2.84. The Labute approximate surface area is 126 Å². The Morgan fingerprint density at radius 2 is 2.05 bits per heavy atom. The molecule has 0 amide bonds. The van der Waals surface area contributed by atoms with E-state index in [1.807, 2.05) is 35.9 Å². The Bertz CT molecular complexity index is 869. The molecule has 0 aliphatic carbocycles. The molecule has 0 fully saturated rings. The number of allylic oxidation sites excluding steroid dienone is 1. The summed E-state index contributed by atoms with van der Waals surface area (Å²) in [5.41, 5.74) is 2.91. The first-order valence-electron chi connectivity index (χ1n) is 6.34. The molecule has 0 N–H and O–H groups in total. The van der Waals surface area contributed by atoms with Crippen molar-refractivity contribution < 1.29 is 0 Å². The second-order valence-electron chi connectivity index (χ2n) is 4.56. The van der Waals surface area contributed by atoms with Gasteiger partial charge in [0.1, 0.15) is 6.07 Å². The maximum absolute atomic E-state index is 9.43. The van der Waals surface area contributed by atoms with Crippen LogP contribution in [0, 0.1) is 11.3 Å². The Hall–Kier alpha value is -2.64. The maximum atomic E-state index is 9.43. The summed E-state index contributed by atoms with van der Waals surface area (Å²) in [6, 6.07) is 13.3. The van der Waals surface area contributed by atoms with Crippen molar-refractivity contribution in [2.45, 2.75) is 0 Å². The molecule has 0 aliphatic rings. The van der Waals surface area contributed by atoms with E-state index >= 15 is 0 Å². The van der Waals surface area contributed by atoms with Crippen LogP contribution in [0.3, 0.4) is 0 Å². The highest BCUT2D eigenvalue weighted by Crippen LogP contribution is 2.21. The number of benzene rings is 1. The van der Waals surface area contributed by atoms with Gasteiger partial charge in [0.2, 0.25) is 0 Å². The third-order valence-electron chi connectivity index (χ3n) is 3.20. The molecular weight excluding hydrogens is 284 g/mol. The SMILES string of the molecule is Cn1c(/C(C#N)=C/c2ccc(Cl)cc2)nc2ncccc21. The second-order valence-corrected chi connectivity index (χ2v) is 5.00. The van der Waals surface area contributed by atoms with Crippen LogP contribution in [-0.4, -0.2) is 14.5 Å². The lowest BCUT2D eigenvalue weighted by Gasteiger charge is -2.01. The van der Waals surface area contributed by atoms with Crippen LogP contribution >= 0.6 is 11.6 Å². The van der Waals surface area contributed by atoms with E-state index in [0.717, 1.165) is 11.1 Å². The molecule has 102 valence electrons. The van der Waals surface area contributed by atoms with Crippen molar-refractivity contribution in [3.63, 3.8) is 0 Å². The fourth-order valence-corrected chi connectivity index (χ4v) is 2.27. The van der Waals surface area contributed by atoms with Crippen molar-refractivity contribution in [1.29, 1.82) is 5.26 Å². The monoisotopic (exact) mass is 294 g/mol. The Morgan fingerprint density at radius 1 is 1.29 bits per heavy atom. The number of rotatable bonds is 2. The van der Waals surface area contributed by atoms with Gasteiger partial charge in [-0.1, -0.05) is 23.7 Å². The van der Waals surface area contributed by atoms with Gasteiger partial charge in [0.15, 0.2) is 11.5 Å². The fraction of sp³-hybridized carbons (Fsp3) is 0.0625. The lowest BCUT2D eigenvalue weighted by atomic mass is 10.1. The summed E-state index contributed by atoms with van der Waals surface area (Å²) < 4.78 is 1.87. The molecule has 5 heteroatoms. The molecule has 3 rings (SSSR count). The Balaban J connectivity index is 2.12. The van der Waals surface area contributed by atoms with Crippen molar-refractivity contribution in [2.75, 3.05) is 0 Å². The molecule has 0 spiro atoms. The normalized spacial score (nSPS) is 11.6. The second kappa shape index (κ2) is 5.39. The maximum Gasteiger partial charge on any atom is 0.178 e. The van der Waals surface area contributed by atoms with Crippen molar-refractivity contribution in [2.24, 2.45) is 7.05 Å². The highest BCUT2D eigenvalue weighted by Gasteiger charge is 2.12. The van der Waals surface area contributed by atoms with Gasteiger partial charge < -0.3 is 4.57 Å². The highest BCUT2D eigenvalue weighted by molar-refractivity contribution is 6.30. The first kappa shape index (κ1) is 13.3. The van der Waals surface area contributed by atoms with Gasteiger partial charge in [-0.2, -0.15) is 5.26 Å². The predicted octanol–water partition coefficient (Wildman–Crippen LogP) is 3.69. The van der Waals surface area contributed by atoms with E-state index in [2.05, 4.69) is 16.0 Å². The van der Waals surface area contributed by atoms with Gasteiger partial charge in [-0.15, -0.1) is 0 Å². The van der Waals surface area contributed by atoms with E-state index in [-0.39, 0.29) is 0 Å². The molecule has 3 aromatic rings. The van der Waals surface area contributed by atoms with E-state index < -0.39 is 0 Å². The number of imidazole rings is 1. The number of fused-ring (bicyclic) bond motifs is 1. The summed E-state index contributed by atoms with van der Waals surface area (Å²) in [6.45, 7) is 0. The van der Waals surface area contributed by atoms with Crippen molar-refractivity contribution in [3.8, 4) is 6.07 Å². The highest BCUT2D eigenvalue weighted by atomic mass is 35.5. The standard InChI is InChI=1S/C16H11ClN4/c1-21-14-3-2-8-19-15(14)20-16(21)12(10-18)9-11-4-6-13(17)7-5-11/h2-9H,1H3/b12-9+. The lowest BCUT2D eigenvalue weighted by Crippen LogP contribution is -1.96. The molecule has 0 atom stereocenters. The van der Waals surface area contributed by atoms with Crippen molar-refractivity contribution in [1.82, 2.24) is 14.5 Å². The third-order valence-corrected chi connectivity index (χ3v) is 3.45. The van der Waals surface area contributed by atoms with Crippen LogP contribution in [-0.2, 0) is 7.05 Å². The summed E-state index contributed by atoms with van der Waals surface area (Å²) in [6.07, 6.45) is 3.48. The van der Waals surface area contributed by atoms with Crippen molar-refractivity contribution in [3.05, 3.63) is 59.0 Å². The van der Waals surface area contributed by atoms with Gasteiger partial charge in [0.05, 0.1) is 11.1 Å². The van der Waals surface area contributed by atoms with Crippen LogP contribution in [0.4, 0.5) is 0 Å². The van der Waals surface area contributed by atoms with E-state index in [1.54, 1.807) is 24.4 Å². The molecule has 2 aromatic heterocycles.